The van der Waals surface area contributed by atoms with Crippen LogP contribution in [0, 0.1) is 5.92 Å². The second kappa shape index (κ2) is 43.6. The molecule has 0 aliphatic rings. The van der Waals surface area contributed by atoms with Gasteiger partial charge in [0.25, 0.3) is 0 Å². The van der Waals surface area contributed by atoms with E-state index in [1.807, 2.05) is 12.2 Å². The molecule has 0 aliphatic heterocycles. The molecule has 1 unspecified atom stereocenters. The molecule has 0 aromatic carbocycles. The summed E-state index contributed by atoms with van der Waals surface area (Å²) in [5.41, 5.74) is 0. The second-order valence-electron chi connectivity index (χ2n) is 16.9. The summed E-state index contributed by atoms with van der Waals surface area (Å²) in [5.74, 6) is -0.286. The molecule has 374 valence electrons. The van der Waals surface area contributed by atoms with Gasteiger partial charge in [0.2, 0.25) is 0 Å². The highest BCUT2D eigenvalue weighted by Gasteiger charge is 2.28. The number of aliphatic hydroxyl groups excluding tert-OH is 2. The third kappa shape index (κ3) is 48.0. The van der Waals surface area contributed by atoms with Crippen molar-refractivity contribution < 1.29 is 66.7 Å². The SMILES string of the molecule is CC(C)CCCCCCCCCCCCCCCCCCC(=O)OC[C@H](COP(=O)(O)OC[C@@H](O)COP(=O)(O)O)OC(=O)CCC/C=C\C/C=C\C/C=C\C/C=C\CCCCCO. The van der Waals surface area contributed by atoms with Gasteiger partial charge in [0, 0.05) is 19.4 Å². The van der Waals surface area contributed by atoms with E-state index >= 15 is 0 Å². The Balaban J connectivity index is 4.51. The number of carbonyl (C=O) groups excluding carboxylic acids is 2. The van der Waals surface area contributed by atoms with Gasteiger partial charge >= 0.3 is 27.6 Å². The summed E-state index contributed by atoms with van der Waals surface area (Å²) in [5, 5.41) is 18.6. The first kappa shape index (κ1) is 62.0. The molecule has 5 N–H and O–H groups in total. The van der Waals surface area contributed by atoms with E-state index in [4.69, 9.17) is 28.9 Å². The zero-order valence-electron chi connectivity index (χ0n) is 39.5. The molecule has 0 rings (SSSR count). The lowest BCUT2D eigenvalue weighted by molar-refractivity contribution is -0.161. The minimum absolute atomic E-state index is 0.0461. The average molecular weight is 951 g/mol. The highest BCUT2D eigenvalue weighted by Crippen LogP contribution is 2.43. The Bertz CT molecular complexity index is 1330. The zero-order chi connectivity index (χ0) is 47.4. The molecule has 0 aliphatic carbocycles. The van der Waals surface area contributed by atoms with Gasteiger partial charge in [-0.3, -0.25) is 23.2 Å². The normalized spacial score (nSPS) is 14.4. The Labute approximate surface area is 386 Å². The molecule has 0 radical (unpaired) electrons. The van der Waals surface area contributed by atoms with Crippen LogP contribution in [0.2, 0.25) is 0 Å². The van der Waals surface area contributed by atoms with Crippen LogP contribution in [-0.2, 0) is 41.8 Å². The van der Waals surface area contributed by atoms with Crippen LogP contribution in [0.3, 0.4) is 0 Å². The number of phosphoric acid groups is 2. The van der Waals surface area contributed by atoms with Gasteiger partial charge in [-0.1, -0.05) is 172 Å². The fourth-order valence-corrected chi connectivity index (χ4v) is 7.66. The molecular formula is C48H88O14P2. The van der Waals surface area contributed by atoms with Gasteiger partial charge in [-0.25, -0.2) is 9.13 Å². The number of hydrogen-bond donors (Lipinski definition) is 5. The molecule has 0 amide bonds. The van der Waals surface area contributed by atoms with Gasteiger partial charge in [0.05, 0.1) is 19.8 Å². The first-order valence-electron chi connectivity index (χ1n) is 24.3. The van der Waals surface area contributed by atoms with Gasteiger partial charge in [0.15, 0.2) is 6.10 Å². The van der Waals surface area contributed by atoms with Crippen LogP contribution in [0.5, 0.6) is 0 Å². The molecule has 64 heavy (non-hydrogen) atoms. The number of allylic oxidation sites excluding steroid dienone is 8. The van der Waals surface area contributed by atoms with Gasteiger partial charge < -0.3 is 34.4 Å². The van der Waals surface area contributed by atoms with Gasteiger partial charge in [0.1, 0.15) is 12.7 Å². The maximum absolute atomic E-state index is 12.7. The molecule has 0 saturated carbocycles. The van der Waals surface area contributed by atoms with E-state index in [9.17, 15) is 28.7 Å². The van der Waals surface area contributed by atoms with Crippen molar-refractivity contribution in [1.29, 1.82) is 0 Å². The van der Waals surface area contributed by atoms with Crippen LogP contribution in [0.25, 0.3) is 0 Å². The topological polar surface area (TPSA) is 216 Å². The van der Waals surface area contributed by atoms with Crippen molar-refractivity contribution in [3.63, 3.8) is 0 Å². The van der Waals surface area contributed by atoms with Crippen molar-refractivity contribution in [1.82, 2.24) is 0 Å². The molecule has 3 atom stereocenters. The summed E-state index contributed by atoms with van der Waals surface area (Å²) in [6.45, 7) is 2.06. The lowest BCUT2D eigenvalue weighted by Gasteiger charge is -2.20. The summed E-state index contributed by atoms with van der Waals surface area (Å²) in [7, 11) is -9.71. The highest BCUT2D eigenvalue weighted by atomic mass is 31.2. The van der Waals surface area contributed by atoms with Crippen molar-refractivity contribution in [2.45, 2.75) is 206 Å². The summed E-state index contributed by atoms with van der Waals surface area (Å²) in [4.78, 5) is 52.8. The van der Waals surface area contributed by atoms with E-state index in [-0.39, 0.29) is 19.4 Å². The third-order valence-electron chi connectivity index (χ3n) is 10.2. The van der Waals surface area contributed by atoms with Crippen molar-refractivity contribution in [2.24, 2.45) is 5.92 Å². The Kier molecular flexibility index (Phi) is 42.3. The summed E-state index contributed by atoms with van der Waals surface area (Å²) in [6, 6.07) is 0. The smallest absolute Gasteiger partial charge is 0.462 e. The number of unbranched alkanes of at least 4 members (excludes halogenated alkanes) is 19. The van der Waals surface area contributed by atoms with Crippen LogP contribution >= 0.6 is 15.6 Å². The largest absolute Gasteiger partial charge is 0.472 e. The molecular weight excluding hydrogens is 862 g/mol. The fourth-order valence-electron chi connectivity index (χ4n) is 6.51. The molecule has 0 fully saturated rings. The quantitative estimate of drug-likeness (QED) is 0.0166. The van der Waals surface area contributed by atoms with E-state index in [0.717, 1.165) is 70.1 Å². The van der Waals surface area contributed by atoms with Crippen molar-refractivity contribution in [2.75, 3.05) is 33.0 Å². The molecule has 0 saturated heterocycles. The van der Waals surface area contributed by atoms with Crippen molar-refractivity contribution >= 4 is 27.6 Å². The monoisotopic (exact) mass is 951 g/mol. The first-order chi connectivity index (χ1) is 30.7. The fraction of sp³-hybridized carbons (Fsp3) is 0.792. The van der Waals surface area contributed by atoms with Gasteiger partial charge in [-0.2, -0.15) is 0 Å². The lowest BCUT2D eigenvalue weighted by Crippen LogP contribution is -2.29. The van der Waals surface area contributed by atoms with E-state index in [0.29, 0.717) is 19.3 Å². The Hall–Kier alpha value is -1.96. The van der Waals surface area contributed by atoms with Crippen LogP contribution in [-0.4, -0.2) is 82.1 Å². The Morgan fingerprint density at radius 1 is 0.500 bits per heavy atom. The number of rotatable bonds is 46. The third-order valence-corrected chi connectivity index (χ3v) is 11.6. The number of ether oxygens (including phenoxy) is 2. The average Bonchev–Trinajstić information content (AvgIpc) is 3.24. The van der Waals surface area contributed by atoms with Gasteiger partial charge in [-0.15, -0.1) is 0 Å². The molecule has 14 nitrogen and oxygen atoms in total. The number of esters is 2. The van der Waals surface area contributed by atoms with Crippen LogP contribution in [0.1, 0.15) is 194 Å². The van der Waals surface area contributed by atoms with Crippen molar-refractivity contribution in [3.05, 3.63) is 48.6 Å². The minimum Gasteiger partial charge on any atom is -0.462 e. The summed E-state index contributed by atoms with van der Waals surface area (Å²) < 4.78 is 47.8. The van der Waals surface area contributed by atoms with E-state index < -0.39 is 66.2 Å². The van der Waals surface area contributed by atoms with Gasteiger partial charge in [-0.05, 0) is 63.7 Å². The molecule has 16 heteroatoms. The number of carbonyl (C=O) groups is 2. The van der Waals surface area contributed by atoms with E-state index in [1.165, 1.54) is 83.5 Å². The molecule has 0 heterocycles. The molecule has 0 aromatic rings. The molecule has 0 aromatic heterocycles. The number of phosphoric ester groups is 2. The minimum atomic E-state index is -4.87. The summed E-state index contributed by atoms with van der Waals surface area (Å²) in [6.07, 6.45) is 42.7. The van der Waals surface area contributed by atoms with Crippen LogP contribution in [0.15, 0.2) is 48.6 Å². The zero-order valence-corrected chi connectivity index (χ0v) is 41.3. The second-order valence-corrected chi connectivity index (χ2v) is 19.6. The van der Waals surface area contributed by atoms with Crippen LogP contribution in [0.4, 0.5) is 0 Å². The number of aliphatic hydroxyl groups is 2. The predicted octanol–water partition coefficient (Wildman–Crippen LogP) is 11.8. The van der Waals surface area contributed by atoms with E-state index in [1.54, 1.807) is 0 Å². The molecule has 0 bridgehead atoms. The predicted molar refractivity (Wildman–Crippen MR) is 254 cm³/mol. The highest BCUT2D eigenvalue weighted by molar-refractivity contribution is 7.47. The maximum Gasteiger partial charge on any atom is 0.472 e. The Morgan fingerprint density at radius 3 is 1.42 bits per heavy atom. The van der Waals surface area contributed by atoms with Crippen molar-refractivity contribution in [3.8, 4) is 0 Å². The lowest BCUT2D eigenvalue weighted by atomic mass is 10.0. The Morgan fingerprint density at radius 2 is 0.922 bits per heavy atom. The molecule has 0 spiro atoms. The van der Waals surface area contributed by atoms with Crippen LogP contribution < -0.4 is 0 Å². The maximum atomic E-state index is 12.7. The first-order valence-corrected chi connectivity index (χ1v) is 27.3. The van der Waals surface area contributed by atoms with E-state index in [2.05, 4.69) is 59.4 Å². The standard InChI is InChI=1S/C48H88O14P2/c1-44(2)36-32-28-24-20-16-12-8-5-6-9-13-17-21-25-29-33-37-47(51)58-42-46(43-61-64(56,57)60-41-45(50)40-59-63(53,54)55)62-48(52)38-34-30-26-22-18-14-10-4-3-7-11-15-19-23-27-31-35-39-49/h3,7,10,14-15,19,22,26,44-46,49-50H,4-6,8-9,11-13,16-18,20-21,23-25,27-43H2,1-2H3,(H,56,57)(H2,53,54,55)/b7-3-,14-10-,19-15-,26-22-/t45-,46+/m0/s1. The summed E-state index contributed by atoms with van der Waals surface area (Å²) >= 11 is 0. The number of hydrogen-bond acceptors (Lipinski definition) is 11.